The summed E-state index contributed by atoms with van der Waals surface area (Å²) in [6.07, 6.45) is 0. The zero-order valence-corrected chi connectivity index (χ0v) is 12.3. The zero-order chi connectivity index (χ0) is 15.8. The van der Waals surface area contributed by atoms with Crippen molar-refractivity contribution in [3.05, 3.63) is 53.1 Å². The van der Waals surface area contributed by atoms with Gasteiger partial charge in [0.25, 0.3) is 10.0 Å². The minimum Gasteiger partial charge on any atom is -0.398 e. The Hall–Kier alpha value is -2.15. The normalized spacial score (nSPS) is 11.4. The Morgan fingerprint density at radius 2 is 1.71 bits per heavy atom. The van der Waals surface area contributed by atoms with Crippen molar-refractivity contribution in [1.82, 2.24) is 0 Å². The van der Waals surface area contributed by atoms with Gasteiger partial charge in [-0.15, -0.1) is 0 Å². The van der Waals surface area contributed by atoms with Crippen LogP contribution in [0, 0.1) is 25.5 Å². The van der Waals surface area contributed by atoms with E-state index in [0.29, 0.717) is 0 Å². The number of nitrogens with one attached hydrogen (secondary N) is 1. The Bertz CT molecular complexity index is 805. The van der Waals surface area contributed by atoms with Gasteiger partial charge in [-0.3, -0.25) is 4.72 Å². The molecular formula is C14H14F2N2O2S. The highest BCUT2D eigenvalue weighted by Crippen LogP contribution is 2.26. The van der Waals surface area contributed by atoms with Gasteiger partial charge < -0.3 is 5.73 Å². The van der Waals surface area contributed by atoms with Crippen molar-refractivity contribution in [2.75, 3.05) is 10.5 Å². The molecule has 0 amide bonds. The molecule has 2 aromatic rings. The van der Waals surface area contributed by atoms with Crippen LogP contribution in [0.15, 0.2) is 35.2 Å². The van der Waals surface area contributed by atoms with E-state index in [2.05, 4.69) is 0 Å². The maximum Gasteiger partial charge on any atom is 0.264 e. The molecule has 0 aliphatic heterocycles. The summed E-state index contributed by atoms with van der Waals surface area (Å²) in [7, 11) is -4.10. The standard InChI is InChI=1S/C14H14F2N2O2S/c1-8-6-11(17)13(7-9(8)2)21(19,20)18-12-5-3-4-10(15)14(12)16/h3-7,18H,17H2,1-2H3. The van der Waals surface area contributed by atoms with Gasteiger partial charge in [0.05, 0.1) is 11.4 Å². The lowest BCUT2D eigenvalue weighted by Crippen LogP contribution is -2.16. The lowest BCUT2D eigenvalue weighted by molar-refractivity contribution is 0.511. The van der Waals surface area contributed by atoms with E-state index in [1.807, 2.05) is 4.72 Å². The average molecular weight is 312 g/mol. The Morgan fingerprint density at radius 1 is 1.10 bits per heavy atom. The molecule has 4 nitrogen and oxygen atoms in total. The molecule has 112 valence electrons. The van der Waals surface area contributed by atoms with Crippen molar-refractivity contribution in [1.29, 1.82) is 0 Å². The van der Waals surface area contributed by atoms with Crippen LogP contribution in [-0.4, -0.2) is 8.42 Å². The van der Waals surface area contributed by atoms with Crippen LogP contribution in [0.2, 0.25) is 0 Å². The number of hydrogen-bond acceptors (Lipinski definition) is 3. The molecule has 0 atom stereocenters. The van der Waals surface area contributed by atoms with Crippen LogP contribution >= 0.6 is 0 Å². The predicted octanol–water partition coefficient (Wildman–Crippen LogP) is 2.96. The summed E-state index contributed by atoms with van der Waals surface area (Å²) >= 11 is 0. The largest absolute Gasteiger partial charge is 0.398 e. The van der Waals surface area contributed by atoms with E-state index >= 15 is 0 Å². The van der Waals surface area contributed by atoms with Gasteiger partial charge in [0, 0.05) is 0 Å². The van der Waals surface area contributed by atoms with Crippen molar-refractivity contribution >= 4 is 21.4 Å². The molecule has 0 radical (unpaired) electrons. The number of nitrogen functional groups attached to an aromatic ring is 1. The number of anilines is 2. The highest BCUT2D eigenvalue weighted by molar-refractivity contribution is 7.92. The number of halogens is 2. The van der Waals surface area contributed by atoms with Crippen molar-refractivity contribution in [2.45, 2.75) is 18.7 Å². The van der Waals surface area contributed by atoms with E-state index in [1.54, 1.807) is 13.8 Å². The first-order chi connectivity index (χ1) is 9.72. The molecule has 0 unspecified atom stereocenters. The van der Waals surface area contributed by atoms with Gasteiger partial charge in [0.1, 0.15) is 4.90 Å². The van der Waals surface area contributed by atoms with Crippen LogP contribution in [0.4, 0.5) is 20.2 Å². The van der Waals surface area contributed by atoms with Crippen LogP contribution in [0.3, 0.4) is 0 Å². The van der Waals surface area contributed by atoms with Gasteiger partial charge >= 0.3 is 0 Å². The summed E-state index contributed by atoms with van der Waals surface area (Å²) in [6.45, 7) is 3.53. The predicted molar refractivity (Wildman–Crippen MR) is 77.5 cm³/mol. The third-order valence-electron chi connectivity index (χ3n) is 3.11. The van der Waals surface area contributed by atoms with E-state index in [1.165, 1.54) is 18.2 Å². The number of sulfonamides is 1. The maximum absolute atomic E-state index is 13.6. The summed E-state index contributed by atoms with van der Waals surface area (Å²) < 4.78 is 53.2. The van der Waals surface area contributed by atoms with Gasteiger partial charge in [-0.05, 0) is 49.2 Å². The molecule has 0 bridgehead atoms. The summed E-state index contributed by atoms with van der Waals surface area (Å²) in [6, 6.07) is 6.15. The molecule has 0 aromatic heterocycles. The Kier molecular flexibility index (Phi) is 3.87. The van der Waals surface area contributed by atoms with Crippen LogP contribution < -0.4 is 10.5 Å². The zero-order valence-electron chi connectivity index (χ0n) is 11.4. The van der Waals surface area contributed by atoms with E-state index in [9.17, 15) is 17.2 Å². The average Bonchev–Trinajstić information content (AvgIpc) is 2.39. The third kappa shape index (κ3) is 2.97. The molecule has 0 saturated heterocycles. The lowest BCUT2D eigenvalue weighted by atomic mass is 10.1. The van der Waals surface area contributed by atoms with E-state index < -0.39 is 27.3 Å². The van der Waals surface area contributed by atoms with Crippen molar-refractivity contribution in [2.24, 2.45) is 0 Å². The molecule has 3 N–H and O–H groups in total. The highest BCUT2D eigenvalue weighted by atomic mass is 32.2. The van der Waals surface area contributed by atoms with E-state index in [4.69, 9.17) is 5.73 Å². The minimum absolute atomic E-state index is 0.0439. The van der Waals surface area contributed by atoms with Crippen molar-refractivity contribution in [3.8, 4) is 0 Å². The molecule has 2 rings (SSSR count). The fourth-order valence-corrected chi connectivity index (χ4v) is 3.09. The van der Waals surface area contributed by atoms with Crippen LogP contribution in [0.5, 0.6) is 0 Å². The number of hydrogen-bond donors (Lipinski definition) is 2. The van der Waals surface area contributed by atoms with Gasteiger partial charge in [-0.2, -0.15) is 0 Å². The summed E-state index contributed by atoms with van der Waals surface area (Å²) in [5.74, 6) is -2.40. The summed E-state index contributed by atoms with van der Waals surface area (Å²) in [4.78, 5) is -0.172. The molecule has 2 aromatic carbocycles. The molecule has 0 aliphatic carbocycles. The molecule has 0 fully saturated rings. The molecule has 21 heavy (non-hydrogen) atoms. The maximum atomic E-state index is 13.6. The number of benzene rings is 2. The number of nitrogens with two attached hydrogens (primary N) is 1. The Balaban J connectivity index is 2.48. The topological polar surface area (TPSA) is 72.2 Å². The fourth-order valence-electron chi connectivity index (χ4n) is 1.83. The van der Waals surface area contributed by atoms with Crippen LogP contribution in [0.1, 0.15) is 11.1 Å². The SMILES string of the molecule is Cc1cc(N)c(S(=O)(=O)Nc2cccc(F)c2F)cc1C. The lowest BCUT2D eigenvalue weighted by Gasteiger charge is -2.13. The first-order valence-electron chi connectivity index (χ1n) is 6.06. The highest BCUT2D eigenvalue weighted by Gasteiger charge is 2.21. The second-order valence-corrected chi connectivity index (χ2v) is 6.33. The van der Waals surface area contributed by atoms with Crippen molar-refractivity contribution < 1.29 is 17.2 Å². The molecule has 0 heterocycles. The monoisotopic (exact) mass is 312 g/mol. The fraction of sp³-hybridized carbons (Fsp3) is 0.143. The van der Waals surface area contributed by atoms with Gasteiger partial charge in [0.2, 0.25) is 0 Å². The molecular weight excluding hydrogens is 298 g/mol. The molecule has 0 spiro atoms. The van der Waals surface area contributed by atoms with Crippen LogP contribution in [-0.2, 0) is 10.0 Å². The van der Waals surface area contributed by atoms with E-state index in [0.717, 1.165) is 23.3 Å². The van der Waals surface area contributed by atoms with Gasteiger partial charge in [-0.25, -0.2) is 17.2 Å². The summed E-state index contributed by atoms with van der Waals surface area (Å²) in [5, 5.41) is 0. The third-order valence-corrected chi connectivity index (χ3v) is 4.53. The smallest absolute Gasteiger partial charge is 0.264 e. The van der Waals surface area contributed by atoms with E-state index in [-0.39, 0.29) is 10.6 Å². The minimum atomic E-state index is -4.10. The number of aryl methyl sites for hydroxylation is 2. The second kappa shape index (κ2) is 5.33. The number of rotatable bonds is 3. The molecule has 0 saturated carbocycles. The first-order valence-corrected chi connectivity index (χ1v) is 7.54. The quantitative estimate of drug-likeness (QED) is 0.856. The molecule has 7 heteroatoms. The summed E-state index contributed by atoms with van der Waals surface area (Å²) in [5.41, 5.74) is 6.85. The second-order valence-electron chi connectivity index (χ2n) is 4.68. The Labute approximate surface area is 121 Å². The first kappa shape index (κ1) is 15.2. The van der Waals surface area contributed by atoms with Gasteiger partial charge in [0.15, 0.2) is 11.6 Å². The Morgan fingerprint density at radius 3 is 2.38 bits per heavy atom. The van der Waals surface area contributed by atoms with Gasteiger partial charge in [-0.1, -0.05) is 6.07 Å². The molecule has 0 aliphatic rings. The van der Waals surface area contributed by atoms with Crippen LogP contribution in [0.25, 0.3) is 0 Å². The van der Waals surface area contributed by atoms with Crippen molar-refractivity contribution in [3.63, 3.8) is 0 Å².